The van der Waals surface area contributed by atoms with E-state index in [1.54, 1.807) is 0 Å². The second-order valence-electron chi connectivity index (χ2n) is 8.95. The molecule has 0 aliphatic carbocycles. The average molecular weight is 350 g/mol. The van der Waals surface area contributed by atoms with E-state index in [4.69, 9.17) is 4.43 Å². The average Bonchev–Trinajstić information content (AvgIpc) is 2.88. The van der Waals surface area contributed by atoms with Crippen LogP contribution in [0.15, 0.2) is 23.3 Å². The van der Waals surface area contributed by atoms with Crippen molar-refractivity contribution in [3.8, 4) is 0 Å². The Bertz CT molecular complexity index is 528. The van der Waals surface area contributed by atoms with Gasteiger partial charge in [-0.25, -0.2) is 0 Å². The van der Waals surface area contributed by atoms with E-state index in [0.717, 1.165) is 45.3 Å². The highest BCUT2D eigenvalue weighted by Crippen LogP contribution is 2.36. The SMILES string of the molecule is C/C1=C/[C@@H]2CCCN2C(=O)/C=C(/CCCO[Si](C)(C)C(C)(C)C)C1. The molecule has 2 heterocycles. The van der Waals surface area contributed by atoms with Gasteiger partial charge in [-0.15, -0.1) is 0 Å². The minimum absolute atomic E-state index is 0.210. The molecule has 0 N–H and O–H groups in total. The number of amides is 1. The van der Waals surface area contributed by atoms with Gasteiger partial charge < -0.3 is 9.33 Å². The largest absolute Gasteiger partial charge is 0.417 e. The zero-order chi connectivity index (χ0) is 18.0. The normalized spacial score (nSPS) is 27.0. The van der Waals surface area contributed by atoms with Crippen molar-refractivity contribution in [2.24, 2.45) is 0 Å². The number of fused-ring (bicyclic) bond motifs is 1. The van der Waals surface area contributed by atoms with Crippen molar-refractivity contribution in [2.45, 2.75) is 84.0 Å². The highest BCUT2D eigenvalue weighted by Gasteiger charge is 2.36. The Hall–Kier alpha value is -0.873. The van der Waals surface area contributed by atoms with E-state index in [2.05, 4.69) is 46.9 Å². The van der Waals surface area contributed by atoms with Crippen LogP contribution in [-0.2, 0) is 9.22 Å². The number of carbonyl (C=O) groups excluding carboxylic acids is 1. The first-order valence-electron chi connectivity index (χ1n) is 9.41. The summed E-state index contributed by atoms with van der Waals surface area (Å²) >= 11 is 0. The zero-order valence-electron chi connectivity index (χ0n) is 16.4. The second-order valence-corrected chi connectivity index (χ2v) is 13.8. The molecule has 1 amide bonds. The maximum atomic E-state index is 12.5. The summed E-state index contributed by atoms with van der Waals surface area (Å²) in [5.41, 5.74) is 2.66. The summed E-state index contributed by atoms with van der Waals surface area (Å²) in [6.07, 6.45) is 9.37. The maximum absolute atomic E-state index is 12.5. The quantitative estimate of drug-likeness (QED) is 0.394. The molecule has 4 heteroatoms. The maximum Gasteiger partial charge on any atom is 0.247 e. The molecule has 0 radical (unpaired) electrons. The highest BCUT2D eigenvalue weighted by molar-refractivity contribution is 6.74. The van der Waals surface area contributed by atoms with Crippen molar-refractivity contribution < 1.29 is 9.22 Å². The third-order valence-corrected chi connectivity index (χ3v) is 10.3. The third-order valence-electron chi connectivity index (χ3n) is 5.80. The Morgan fingerprint density at radius 1 is 1.33 bits per heavy atom. The molecule has 2 aliphatic heterocycles. The van der Waals surface area contributed by atoms with Crippen molar-refractivity contribution in [3.63, 3.8) is 0 Å². The van der Waals surface area contributed by atoms with E-state index in [-0.39, 0.29) is 10.9 Å². The first-order chi connectivity index (χ1) is 11.1. The van der Waals surface area contributed by atoms with Crippen LogP contribution >= 0.6 is 0 Å². The molecule has 2 aliphatic rings. The molecule has 0 aromatic carbocycles. The number of hydrogen-bond acceptors (Lipinski definition) is 2. The van der Waals surface area contributed by atoms with Gasteiger partial charge >= 0.3 is 0 Å². The zero-order valence-corrected chi connectivity index (χ0v) is 17.4. The summed E-state index contributed by atoms with van der Waals surface area (Å²) < 4.78 is 6.27. The summed E-state index contributed by atoms with van der Waals surface area (Å²) in [5.74, 6) is 0.210. The van der Waals surface area contributed by atoms with E-state index in [1.165, 1.54) is 11.1 Å². The first kappa shape index (κ1) is 19.5. The van der Waals surface area contributed by atoms with Crippen molar-refractivity contribution in [3.05, 3.63) is 23.3 Å². The Balaban J connectivity index is 1.90. The van der Waals surface area contributed by atoms with Gasteiger partial charge in [0.1, 0.15) is 0 Å². The summed E-state index contributed by atoms with van der Waals surface area (Å²) in [7, 11) is -1.66. The van der Waals surface area contributed by atoms with Gasteiger partial charge in [0.05, 0.1) is 6.04 Å². The second kappa shape index (κ2) is 7.57. The Labute approximate surface area is 149 Å². The minimum atomic E-state index is -1.66. The molecule has 136 valence electrons. The monoisotopic (exact) mass is 349 g/mol. The molecule has 24 heavy (non-hydrogen) atoms. The summed E-state index contributed by atoms with van der Waals surface area (Å²) in [6.45, 7) is 15.3. The standard InChI is InChI=1S/C20H35NO2Si/c1-16-13-17(9-8-12-23-24(5,6)20(2,3)4)15-19(22)21-11-7-10-18(21)14-16/h14-15,18H,7-13H2,1-6H3/b16-14-,17-15-/t18-/m0/s1. The lowest BCUT2D eigenvalue weighted by Gasteiger charge is -2.36. The minimum Gasteiger partial charge on any atom is -0.417 e. The predicted molar refractivity (Wildman–Crippen MR) is 104 cm³/mol. The molecular weight excluding hydrogens is 314 g/mol. The van der Waals surface area contributed by atoms with Gasteiger partial charge in [-0.2, -0.15) is 0 Å². The predicted octanol–water partition coefficient (Wildman–Crippen LogP) is 5.06. The fourth-order valence-electron chi connectivity index (χ4n) is 3.30. The van der Waals surface area contributed by atoms with Crippen molar-refractivity contribution >= 4 is 14.2 Å². The van der Waals surface area contributed by atoms with Crippen LogP contribution in [0.2, 0.25) is 18.1 Å². The Morgan fingerprint density at radius 3 is 2.71 bits per heavy atom. The molecule has 2 rings (SSSR count). The van der Waals surface area contributed by atoms with Crippen LogP contribution in [0.5, 0.6) is 0 Å². The Kier molecular flexibility index (Phi) is 6.13. The molecule has 0 bridgehead atoms. The van der Waals surface area contributed by atoms with E-state index in [9.17, 15) is 4.79 Å². The molecule has 0 saturated carbocycles. The van der Waals surface area contributed by atoms with Gasteiger partial charge in [-0.1, -0.05) is 38.0 Å². The number of allylic oxidation sites excluding steroid dienone is 2. The van der Waals surface area contributed by atoms with Crippen LogP contribution < -0.4 is 0 Å². The fraction of sp³-hybridized carbons (Fsp3) is 0.750. The summed E-state index contributed by atoms with van der Waals surface area (Å²) in [5, 5.41) is 0.257. The summed E-state index contributed by atoms with van der Waals surface area (Å²) in [4.78, 5) is 14.5. The molecular formula is C20H35NO2Si. The van der Waals surface area contributed by atoms with Crippen LogP contribution in [0.25, 0.3) is 0 Å². The highest BCUT2D eigenvalue weighted by atomic mass is 28.4. The topological polar surface area (TPSA) is 29.5 Å². The lowest BCUT2D eigenvalue weighted by Crippen LogP contribution is -2.41. The van der Waals surface area contributed by atoms with Crippen molar-refractivity contribution in [1.82, 2.24) is 4.90 Å². The van der Waals surface area contributed by atoms with Crippen molar-refractivity contribution in [1.29, 1.82) is 0 Å². The van der Waals surface area contributed by atoms with Gasteiger partial charge in [0.2, 0.25) is 5.91 Å². The lowest BCUT2D eigenvalue weighted by molar-refractivity contribution is -0.126. The van der Waals surface area contributed by atoms with Crippen LogP contribution in [0.1, 0.15) is 59.8 Å². The molecule has 1 fully saturated rings. The van der Waals surface area contributed by atoms with Crippen LogP contribution in [0.4, 0.5) is 0 Å². The van der Waals surface area contributed by atoms with E-state index >= 15 is 0 Å². The van der Waals surface area contributed by atoms with Crippen LogP contribution in [0, 0.1) is 0 Å². The van der Waals surface area contributed by atoms with Crippen molar-refractivity contribution in [2.75, 3.05) is 13.2 Å². The first-order valence-corrected chi connectivity index (χ1v) is 12.3. The van der Waals surface area contributed by atoms with E-state index in [0.29, 0.717) is 6.04 Å². The molecule has 0 aromatic rings. The molecule has 0 spiro atoms. The van der Waals surface area contributed by atoms with Crippen LogP contribution in [-0.4, -0.2) is 38.3 Å². The van der Waals surface area contributed by atoms with Crippen LogP contribution in [0.3, 0.4) is 0 Å². The Morgan fingerprint density at radius 2 is 2.04 bits per heavy atom. The number of carbonyl (C=O) groups is 1. The fourth-order valence-corrected chi connectivity index (χ4v) is 4.38. The molecule has 0 aromatic heterocycles. The lowest BCUT2D eigenvalue weighted by atomic mass is 9.97. The van der Waals surface area contributed by atoms with Gasteiger partial charge in [-0.05, 0) is 57.2 Å². The van der Waals surface area contributed by atoms with Gasteiger partial charge in [0, 0.05) is 19.2 Å². The van der Waals surface area contributed by atoms with E-state index in [1.807, 2.05) is 11.0 Å². The number of nitrogens with zero attached hydrogens (tertiary/aromatic N) is 1. The molecule has 3 nitrogen and oxygen atoms in total. The number of hydrogen-bond donors (Lipinski definition) is 0. The molecule has 0 unspecified atom stereocenters. The number of rotatable bonds is 5. The van der Waals surface area contributed by atoms with E-state index < -0.39 is 8.32 Å². The molecule has 1 saturated heterocycles. The summed E-state index contributed by atoms with van der Waals surface area (Å²) in [6, 6.07) is 0.331. The smallest absolute Gasteiger partial charge is 0.247 e. The van der Waals surface area contributed by atoms with Gasteiger partial charge in [0.15, 0.2) is 8.32 Å². The molecule has 1 atom stereocenters. The van der Waals surface area contributed by atoms with Gasteiger partial charge in [0.25, 0.3) is 0 Å². The van der Waals surface area contributed by atoms with Gasteiger partial charge in [-0.3, -0.25) is 4.79 Å². The third kappa shape index (κ3) is 4.82.